The number of aryl methyl sites for hydroxylation is 2. The third kappa shape index (κ3) is 3.33. The van der Waals surface area contributed by atoms with E-state index in [1.54, 1.807) is 0 Å². The van der Waals surface area contributed by atoms with Crippen molar-refractivity contribution in [3.8, 4) is 22.6 Å². The lowest BCUT2D eigenvalue weighted by molar-refractivity contribution is 0.411. The first-order valence-electron chi connectivity index (χ1n) is 9.90. The van der Waals surface area contributed by atoms with E-state index in [-0.39, 0.29) is 0 Å². The summed E-state index contributed by atoms with van der Waals surface area (Å²) in [5, 5.41) is 0. The summed E-state index contributed by atoms with van der Waals surface area (Å²) in [6, 6.07) is 17.0. The Labute approximate surface area is 156 Å². The lowest BCUT2D eigenvalue weighted by Gasteiger charge is -2.11. The molecule has 0 aliphatic heterocycles. The van der Waals surface area contributed by atoms with Gasteiger partial charge in [0.1, 0.15) is 5.76 Å². The van der Waals surface area contributed by atoms with Crippen LogP contribution in [-0.2, 0) is 12.8 Å². The van der Waals surface area contributed by atoms with Gasteiger partial charge in [0.2, 0.25) is 5.89 Å². The van der Waals surface area contributed by atoms with E-state index < -0.39 is 0 Å². The molecule has 1 aromatic heterocycles. The third-order valence-corrected chi connectivity index (χ3v) is 5.69. The van der Waals surface area contributed by atoms with Gasteiger partial charge in [-0.3, -0.25) is 0 Å². The second kappa shape index (κ2) is 7.49. The van der Waals surface area contributed by atoms with Gasteiger partial charge < -0.3 is 4.42 Å². The molecule has 1 aliphatic rings. The second-order valence-electron chi connectivity index (χ2n) is 7.47. The van der Waals surface area contributed by atoms with E-state index in [1.165, 1.54) is 48.1 Å². The highest BCUT2D eigenvalue weighted by atomic mass is 16.4. The van der Waals surface area contributed by atoms with Crippen molar-refractivity contribution in [1.82, 2.24) is 4.98 Å². The lowest BCUT2D eigenvalue weighted by Crippen LogP contribution is -2.00. The van der Waals surface area contributed by atoms with Crippen molar-refractivity contribution in [3.05, 3.63) is 65.5 Å². The molecular formula is C24H27NO. The number of aromatic nitrogens is 1. The van der Waals surface area contributed by atoms with E-state index in [9.17, 15) is 0 Å². The van der Waals surface area contributed by atoms with Crippen LogP contribution in [0.1, 0.15) is 49.6 Å². The van der Waals surface area contributed by atoms with Gasteiger partial charge in [-0.25, -0.2) is 4.98 Å². The topological polar surface area (TPSA) is 26.0 Å². The molecule has 26 heavy (non-hydrogen) atoms. The average Bonchev–Trinajstić information content (AvgIpc) is 2.98. The van der Waals surface area contributed by atoms with Gasteiger partial charge in [-0.1, -0.05) is 62.2 Å². The number of benzene rings is 2. The summed E-state index contributed by atoms with van der Waals surface area (Å²) < 4.78 is 6.26. The van der Waals surface area contributed by atoms with Crippen molar-refractivity contribution in [2.75, 3.05) is 0 Å². The van der Waals surface area contributed by atoms with Crippen LogP contribution in [0.5, 0.6) is 0 Å². The SMILES string of the molecule is CCCC1CCc2nc(-c3cccc(-c4ccccc4)c3C)oc2CC1. The number of hydrogen-bond acceptors (Lipinski definition) is 2. The summed E-state index contributed by atoms with van der Waals surface area (Å²) in [7, 11) is 0. The number of rotatable bonds is 4. The molecular weight excluding hydrogens is 318 g/mol. The maximum atomic E-state index is 6.26. The van der Waals surface area contributed by atoms with Crippen molar-refractivity contribution in [1.29, 1.82) is 0 Å². The maximum Gasteiger partial charge on any atom is 0.226 e. The smallest absolute Gasteiger partial charge is 0.226 e. The van der Waals surface area contributed by atoms with E-state index in [1.807, 2.05) is 0 Å². The molecule has 1 heterocycles. The van der Waals surface area contributed by atoms with E-state index in [0.29, 0.717) is 0 Å². The zero-order valence-corrected chi connectivity index (χ0v) is 15.8. The maximum absolute atomic E-state index is 6.26. The first-order valence-corrected chi connectivity index (χ1v) is 9.90. The number of hydrogen-bond donors (Lipinski definition) is 0. The van der Waals surface area contributed by atoms with Gasteiger partial charge in [-0.05, 0) is 54.9 Å². The molecule has 0 saturated heterocycles. The molecule has 1 aliphatic carbocycles. The Morgan fingerprint density at radius 3 is 2.54 bits per heavy atom. The molecule has 2 heteroatoms. The average molecular weight is 345 g/mol. The third-order valence-electron chi connectivity index (χ3n) is 5.69. The van der Waals surface area contributed by atoms with Gasteiger partial charge in [0, 0.05) is 12.0 Å². The van der Waals surface area contributed by atoms with E-state index >= 15 is 0 Å². The predicted molar refractivity (Wildman–Crippen MR) is 107 cm³/mol. The lowest BCUT2D eigenvalue weighted by atomic mass is 9.95. The molecule has 0 fully saturated rings. The Kier molecular flexibility index (Phi) is 4.92. The quantitative estimate of drug-likeness (QED) is 0.497. The fourth-order valence-corrected chi connectivity index (χ4v) is 4.20. The summed E-state index contributed by atoms with van der Waals surface area (Å²) >= 11 is 0. The van der Waals surface area contributed by atoms with Crippen molar-refractivity contribution >= 4 is 0 Å². The zero-order valence-electron chi connectivity index (χ0n) is 15.8. The van der Waals surface area contributed by atoms with E-state index in [4.69, 9.17) is 9.40 Å². The van der Waals surface area contributed by atoms with Crippen LogP contribution >= 0.6 is 0 Å². The van der Waals surface area contributed by atoms with Crippen molar-refractivity contribution < 1.29 is 4.42 Å². The van der Waals surface area contributed by atoms with Crippen molar-refractivity contribution in [2.45, 2.75) is 52.4 Å². The fraction of sp³-hybridized carbons (Fsp3) is 0.375. The van der Waals surface area contributed by atoms with E-state index in [0.717, 1.165) is 36.0 Å². The van der Waals surface area contributed by atoms with E-state index in [2.05, 4.69) is 62.4 Å². The van der Waals surface area contributed by atoms with Crippen LogP contribution in [0, 0.1) is 12.8 Å². The largest absolute Gasteiger partial charge is 0.441 e. The molecule has 1 unspecified atom stereocenters. The van der Waals surface area contributed by atoms with Gasteiger partial charge in [0.15, 0.2) is 0 Å². The Bertz CT molecular complexity index is 853. The Morgan fingerprint density at radius 1 is 0.962 bits per heavy atom. The molecule has 0 spiro atoms. The highest BCUT2D eigenvalue weighted by molar-refractivity contribution is 5.75. The molecule has 1 atom stereocenters. The van der Waals surface area contributed by atoms with Crippen molar-refractivity contribution in [2.24, 2.45) is 5.92 Å². The second-order valence-corrected chi connectivity index (χ2v) is 7.47. The Balaban J connectivity index is 1.65. The molecule has 0 radical (unpaired) electrons. The minimum Gasteiger partial charge on any atom is -0.441 e. The minimum atomic E-state index is 0.791. The van der Waals surface area contributed by atoms with Crippen LogP contribution in [0.15, 0.2) is 52.9 Å². The van der Waals surface area contributed by atoms with Crippen LogP contribution in [0.2, 0.25) is 0 Å². The Morgan fingerprint density at radius 2 is 1.73 bits per heavy atom. The highest BCUT2D eigenvalue weighted by Crippen LogP contribution is 2.34. The Hall–Kier alpha value is -2.35. The molecule has 0 N–H and O–H groups in total. The van der Waals surface area contributed by atoms with Gasteiger partial charge >= 0.3 is 0 Å². The summed E-state index contributed by atoms with van der Waals surface area (Å²) in [4.78, 5) is 4.90. The summed E-state index contributed by atoms with van der Waals surface area (Å²) in [5.41, 5.74) is 6.02. The molecule has 3 aromatic rings. The normalized spacial score (nSPS) is 16.9. The molecule has 2 nitrogen and oxygen atoms in total. The highest BCUT2D eigenvalue weighted by Gasteiger charge is 2.22. The minimum absolute atomic E-state index is 0.791. The first-order chi connectivity index (χ1) is 12.8. The number of oxazole rings is 1. The van der Waals surface area contributed by atoms with Gasteiger partial charge in [-0.15, -0.1) is 0 Å². The summed E-state index contributed by atoms with van der Waals surface area (Å²) in [6.45, 7) is 4.45. The molecule has 0 bridgehead atoms. The van der Waals surface area contributed by atoms with Crippen LogP contribution < -0.4 is 0 Å². The summed E-state index contributed by atoms with van der Waals surface area (Å²) in [6.07, 6.45) is 7.17. The predicted octanol–water partition coefficient (Wildman–Crippen LogP) is 6.61. The van der Waals surface area contributed by atoms with Gasteiger partial charge in [0.25, 0.3) is 0 Å². The summed E-state index contributed by atoms with van der Waals surface area (Å²) in [5.74, 6) is 2.73. The molecule has 0 saturated carbocycles. The molecule has 134 valence electrons. The first kappa shape index (κ1) is 17.1. The molecule has 2 aromatic carbocycles. The van der Waals surface area contributed by atoms with Crippen LogP contribution in [0.25, 0.3) is 22.6 Å². The number of fused-ring (bicyclic) bond motifs is 1. The van der Waals surface area contributed by atoms with Crippen LogP contribution in [0.3, 0.4) is 0 Å². The monoisotopic (exact) mass is 345 g/mol. The van der Waals surface area contributed by atoms with Gasteiger partial charge in [-0.2, -0.15) is 0 Å². The fourth-order valence-electron chi connectivity index (χ4n) is 4.20. The van der Waals surface area contributed by atoms with Crippen LogP contribution in [-0.4, -0.2) is 4.98 Å². The molecule has 4 rings (SSSR count). The number of nitrogens with zero attached hydrogens (tertiary/aromatic N) is 1. The standard InChI is InChI=1S/C24H27NO/c1-3-8-18-13-15-22-23(16-14-18)26-24(25-22)21-12-7-11-20(17(21)2)19-9-5-4-6-10-19/h4-7,9-12,18H,3,8,13-16H2,1-2H3. The van der Waals surface area contributed by atoms with Gasteiger partial charge in [0.05, 0.1) is 5.69 Å². The molecule has 0 amide bonds. The van der Waals surface area contributed by atoms with Crippen LogP contribution in [0.4, 0.5) is 0 Å². The van der Waals surface area contributed by atoms with Crippen molar-refractivity contribution in [3.63, 3.8) is 0 Å². The zero-order chi connectivity index (χ0) is 17.9.